The van der Waals surface area contributed by atoms with E-state index in [1.807, 2.05) is 12.1 Å². The number of carbonyl (C=O) groups is 1. The van der Waals surface area contributed by atoms with Gasteiger partial charge >= 0.3 is 6.09 Å². The molecule has 0 radical (unpaired) electrons. The van der Waals surface area contributed by atoms with Gasteiger partial charge in [-0.2, -0.15) is 0 Å². The summed E-state index contributed by atoms with van der Waals surface area (Å²) in [5, 5.41) is 0. The van der Waals surface area contributed by atoms with E-state index in [1.54, 1.807) is 31.3 Å². The van der Waals surface area contributed by atoms with Crippen molar-refractivity contribution in [1.82, 2.24) is 4.90 Å². The van der Waals surface area contributed by atoms with Crippen molar-refractivity contribution >= 4 is 6.09 Å². The molecule has 2 aromatic carbocycles. The first-order chi connectivity index (χ1) is 12.1. The number of halogens is 1. The van der Waals surface area contributed by atoms with E-state index in [1.165, 1.54) is 19.2 Å². The predicted octanol–water partition coefficient (Wildman–Crippen LogP) is 3.56. The summed E-state index contributed by atoms with van der Waals surface area (Å²) >= 11 is 0. The molecule has 0 spiro atoms. The number of rotatable bonds is 3. The zero-order valence-corrected chi connectivity index (χ0v) is 14.4. The van der Waals surface area contributed by atoms with Crippen molar-refractivity contribution < 1.29 is 23.4 Å². The van der Waals surface area contributed by atoms with Crippen molar-refractivity contribution in [1.29, 1.82) is 0 Å². The number of benzene rings is 2. The van der Waals surface area contributed by atoms with Crippen molar-refractivity contribution in [2.75, 3.05) is 27.9 Å². The average molecular weight is 345 g/mol. The third kappa shape index (κ3) is 3.12. The van der Waals surface area contributed by atoms with Gasteiger partial charge in [0.25, 0.3) is 0 Å². The largest absolute Gasteiger partial charge is 0.493 e. The molecule has 6 heteroatoms. The Morgan fingerprint density at radius 1 is 1.08 bits per heavy atom. The molecule has 0 aliphatic carbocycles. The van der Waals surface area contributed by atoms with Gasteiger partial charge in [0.15, 0.2) is 11.5 Å². The zero-order chi connectivity index (χ0) is 18.0. The second-order valence-electron chi connectivity index (χ2n) is 5.77. The number of methoxy groups -OCH3 is 3. The first kappa shape index (κ1) is 17.1. The van der Waals surface area contributed by atoms with E-state index in [2.05, 4.69) is 0 Å². The molecule has 0 aromatic heterocycles. The monoisotopic (exact) mass is 345 g/mol. The Balaban J connectivity index is 2.15. The highest BCUT2D eigenvalue weighted by Crippen LogP contribution is 2.41. The smallest absolute Gasteiger partial charge is 0.410 e. The molecule has 0 saturated carbocycles. The lowest BCUT2D eigenvalue weighted by molar-refractivity contribution is 0.109. The van der Waals surface area contributed by atoms with E-state index >= 15 is 0 Å². The minimum Gasteiger partial charge on any atom is -0.493 e. The van der Waals surface area contributed by atoms with Crippen molar-refractivity contribution in [3.63, 3.8) is 0 Å². The van der Waals surface area contributed by atoms with E-state index < -0.39 is 6.09 Å². The first-order valence-electron chi connectivity index (χ1n) is 7.94. The maximum absolute atomic E-state index is 13.3. The first-order valence-corrected chi connectivity index (χ1v) is 7.94. The van der Waals surface area contributed by atoms with Crippen molar-refractivity contribution in [3.05, 3.63) is 58.9 Å². The van der Waals surface area contributed by atoms with Crippen LogP contribution < -0.4 is 9.47 Å². The highest BCUT2D eigenvalue weighted by Gasteiger charge is 2.33. The summed E-state index contributed by atoms with van der Waals surface area (Å²) in [7, 11) is 4.51. The summed E-state index contributed by atoms with van der Waals surface area (Å²) in [6.07, 6.45) is 0.248. The van der Waals surface area contributed by atoms with E-state index in [-0.39, 0.29) is 11.9 Å². The molecule has 5 nitrogen and oxygen atoms in total. The predicted molar refractivity (Wildman–Crippen MR) is 90.6 cm³/mol. The summed E-state index contributed by atoms with van der Waals surface area (Å²) in [5.74, 6) is 0.905. The Kier molecular flexibility index (Phi) is 4.79. The van der Waals surface area contributed by atoms with E-state index in [9.17, 15) is 9.18 Å². The third-order valence-electron chi connectivity index (χ3n) is 4.47. The number of hydrogen-bond donors (Lipinski definition) is 0. The second-order valence-corrected chi connectivity index (χ2v) is 5.77. The highest BCUT2D eigenvalue weighted by molar-refractivity contribution is 5.70. The minimum absolute atomic E-state index is 0.322. The SMILES string of the molecule is COC(=O)N1CCc2cc(OC)c(OC)cc2C1c1ccc(F)cc1. The Morgan fingerprint density at radius 3 is 2.32 bits per heavy atom. The van der Waals surface area contributed by atoms with Gasteiger partial charge in [-0.15, -0.1) is 0 Å². The van der Waals surface area contributed by atoms with Crippen LogP contribution in [0.5, 0.6) is 11.5 Å². The van der Waals surface area contributed by atoms with Crippen LogP contribution in [0.3, 0.4) is 0 Å². The quantitative estimate of drug-likeness (QED) is 0.853. The molecule has 2 aromatic rings. The molecule has 3 rings (SSSR count). The molecular weight excluding hydrogens is 325 g/mol. The van der Waals surface area contributed by atoms with Gasteiger partial charge in [0.2, 0.25) is 0 Å². The Labute approximate surface area is 145 Å². The van der Waals surface area contributed by atoms with E-state index in [0.29, 0.717) is 24.5 Å². The second kappa shape index (κ2) is 7.01. The highest BCUT2D eigenvalue weighted by atomic mass is 19.1. The summed E-state index contributed by atoms with van der Waals surface area (Å²) in [4.78, 5) is 13.9. The maximum Gasteiger partial charge on any atom is 0.410 e. The molecule has 1 aliphatic heterocycles. The third-order valence-corrected chi connectivity index (χ3v) is 4.47. The van der Waals surface area contributed by atoms with Gasteiger partial charge in [-0.3, -0.25) is 4.90 Å². The molecule has 0 fully saturated rings. The number of nitrogens with zero attached hydrogens (tertiary/aromatic N) is 1. The Bertz CT molecular complexity index is 776. The number of carbonyl (C=O) groups excluding carboxylic acids is 1. The number of fused-ring (bicyclic) bond motifs is 1. The Morgan fingerprint density at radius 2 is 1.72 bits per heavy atom. The van der Waals surface area contributed by atoms with Gasteiger partial charge < -0.3 is 14.2 Å². The Hall–Kier alpha value is -2.76. The summed E-state index contributed by atoms with van der Waals surface area (Å²) in [6, 6.07) is 9.57. The van der Waals surface area contributed by atoms with Crippen LogP contribution in [0.2, 0.25) is 0 Å². The van der Waals surface area contributed by atoms with Crippen LogP contribution in [-0.4, -0.2) is 38.9 Å². The number of amides is 1. The van der Waals surface area contributed by atoms with E-state index in [4.69, 9.17) is 14.2 Å². The lowest BCUT2D eigenvalue weighted by Crippen LogP contribution is -2.40. The molecule has 0 saturated heterocycles. The van der Waals surface area contributed by atoms with E-state index in [0.717, 1.165) is 16.7 Å². The number of hydrogen-bond acceptors (Lipinski definition) is 4. The van der Waals surface area contributed by atoms with Crippen LogP contribution in [0, 0.1) is 5.82 Å². The fraction of sp³-hybridized carbons (Fsp3) is 0.316. The summed E-state index contributed by atoms with van der Waals surface area (Å²) in [6.45, 7) is 0.497. The van der Waals surface area contributed by atoms with Crippen LogP contribution in [0.25, 0.3) is 0 Å². The molecule has 25 heavy (non-hydrogen) atoms. The number of ether oxygens (including phenoxy) is 3. The van der Waals surface area contributed by atoms with Gasteiger partial charge in [0.05, 0.1) is 27.4 Å². The lowest BCUT2D eigenvalue weighted by atomic mass is 9.88. The maximum atomic E-state index is 13.3. The van der Waals surface area contributed by atoms with Crippen molar-refractivity contribution in [3.8, 4) is 11.5 Å². The molecular formula is C19H20FNO4. The van der Waals surface area contributed by atoms with Crippen LogP contribution >= 0.6 is 0 Å². The van der Waals surface area contributed by atoms with Gasteiger partial charge in [0, 0.05) is 6.54 Å². The topological polar surface area (TPSA) is 48.0 Å². The molecule has 0 bridgehead atoms. The molecule has 132 valence electrons. The van der Waals surface area contributed by atoms with Crippen molar-refractivity contribution in [2.24, 2.45) is 0 Å². The van der Waals surface area contributed by atoms with Gasteiger partial charge in [-0.25, -0.2) is 9.18 Å². The average Bonchev–Trinajstić information content (AvgIpc) is 2.66. The molecule has 1 amide bonds. The minimum atomic E-state index is -0.422. The molecule has 1 atom stereocenters. The summed E-state index contributed by atoms with van der Waals surface area (Å²) < 4.78 is 29.1. The zero-order valence-electron chi connectivity index (χ0n) is 14.4. The van der Waals surface area contributed by atoms with Crippen LogP contribution in [-0.2, 0) is 11.2 Å². The van der Waals surface area contributed by atoms with Gasteiger partial charge in [-0.05, 0) is 47.4 Å². The van der Waals surface area contributed by atoms with Crippen LogP contribution in [0.4, 0.5) is 9.18 Å². The molecule has 0 N–H and O–H groups in total. The van der Waals surface area contributed by atoms with Gasteiger partial charge in [-0.1, -0.05) is 12.1 Å². The van der Waals surface area contributed by atoms with Gasteiger partial charge in [0.1, 0.15) is 5.82 Å². The van der Waals surface area contributed by atoms with Crippen LogP contribution in [0.15, 0.2) is 36.4 Å². The summed E-state index contributed by atoms with van der Waals surface area (Å²) in [5.41, 5.74) is 2.79. The van der Waals surface area contributed by atoms with Crippen molar-refractivity contribution in [2.45, 2.75) is 12.5 Å². The van der Waals surface area contributed by atoms with Crippen LogP contribution in [0.1, 0.15) is 22.7 Å². The fourth-order valence-corrected chi connectivity index (χ4v) is 3.26. The standard InChI is InChI=1S/C19H20FNO4/c1-23-16-10-13-8-9-21(19(22)25-3)18(15(13)11-17(16)24-2)12-4-6-14(20)7-5-12/h4-7,10-11,18H,8-9H2,1-3H3. The normalized spacial score (nSPS) is 16.2. The molecule has 1 unspecified atom stereocenters. The fourth-order valence-electron chi connectivity index (χ4n) is 3.26. The molecule has 1 heterocycles. The lowest BCUT2D eigenvalue weighted by Gasteiger charge is -2.37. The molecule has 1 aliphatic rings.